The highest BCUT2D eigenvalue weighted by atomic mass is 32.1. The maximum atomic E-state index is 14.4. The minimum absolute atomic E-state index is 0.0856. The Balaban J connectivity index is 2.02. The SMILES string of the molecule is C=C/C(=C(\C)OC)[C@H](Cn1c(=O)n(C(C)(C)C(=O)N2CCCCC2)c(=O)c2c(C)c(-n3cccn3)sc21)OC(C)C. The lowest BCUT2D eigenvalue weighted by Gasteiger charge is -2.35. The molecule has 222 valence electrons. The van der Waals surface area contributed by atoms with Crippen LogP contribution in [-0.4, -0.2) is 62.1 Å². The normalized spacial score (nSPS) is 15.8. The van der Waals surface area contributed by atoms with Crippen LogP contribution < -0.4 is 11.2 Å². The molecule has 1 saturated heterocycles. The number of methoxy groups -OCH3 is 1. The lowest BCUT2D eigenvalue weighted by Crippen LogP contribution is -2.57. The molecule has 0 spiro atoms. The average molecular weight is 584 g/mol. The van der Waals surface area contributed by atoms with Gasteiger partial charge < -0.3 is 14.4 Å². The zero-order valence-corrected chi connectivity index (χ0v) is 25.9. The number of hydrogen-bond donors (Lipinski definition) is 0. The molecule has 41 heavy (non-hydrogen) atoms. The molecule has 0 bridgehead atoms. The van der Waals surface area contributed by atoms with Crippen molar-refractivity contribution in [3.63, 3.8) is 0 Å². The van der Waals surface area contributed by atoms with Crippen LogP contribution in [0.3, 0.4) is 0 Å². The number of piperidine rings is 1. The second-order valence-corrected chi connectivity index (χ2v) is 12.2. The van der Waals surface area contributed by atoms with Crippen molar-refractivity contribution in [1.29, 1.82) is 0 Å². The Labute approximate surface area is 244 Å². The summed E-state index contributed by atoms with van der Waals surface area (Å²) in [6.07, 6.45) is 7.23. The van der Waals surface area contributed by atoms with Crippen LogP contribution in [0.25, 0.3) is 15.2 Å². The van der Waals surface area contributed by atoms with Crippen molar-refractivity contribution in [3.8, 4) is 5.00 Å². The quantitative estimate of drug-likeness (QED) is 0.260. The Morgan fingerprint density at radius 1 is 1.22 bits per heavy atom. The van der Waals surface area contributed by atoms with E-state index in [1.54, 1.807) is 59.6 Å². The third kappa shape index (κ3) is 5.70. The van der Waals surface area contributed by atoms with E-state index in [1.807, 2.05) is 27.7 Å². The lowest BCUT2D eigenvalue weighted by molar-refractivity contribution is -0.140. The van der Waals surface area contributed by atoms with Gasteiger partial charge in [0, 0.05) is 36.6 Å². The van der Waals surface area contributed by atoms with Gasteiger partial charge in [0.2, 0.25) is 5.91 Å². The third-order valence-electron chi connectivity index (χ3n) is 7.69. The van der Waals surface area contributed by atoms with Crippen molar-refractivity contribution in [1.82, 2.24) is 23.8 Å². The van der Waals surface area contributed by atoms with Crippen LogP contribution in [0.15, 0.2) is 52.0 Å². The summed E-state index contributed by atoms with van der Waals surface area (Å²) >= 11 is 1.31. The molecule has 11 heteroatoms. The molecule has 0 unspecified atom stereocenters. The highest BCUT2D eigenvalue weighted by Gasteiger charge is 2.39. The van der Waals surface area contributed by atoms with Gasteiger partial charge in [0.15, 0.2) is 0 Å². The summed E-state index contributed by atoms with van der Waals surface area (Å²) in [6.45, 7) is 16.1. The van der Waals surface area contributed by atoms with Gasteiger partial charge in [-0.3, -0.25) is 14.2 Å². The molecule has 0 aromatic carbocycles. The minimum Gasteiger partial charge on any atom is -0.501 e. The summed E-state index contributed by atoms with van der Waals surface area (Å²) in [5.41, 5.74) is -1.07. The van der Waals surface area contributed by atoms with Gasteiger partial charge in [-0.05, 0) is 66.9 Å². The number of carbonyl (C=O) groups excluding carboxylic acids is 1. The van der Waals surface area contributed by atoms with E-state index in [4.69, 9.17) is 9.47 Å². The number of carbonyl (C=O) groups is 1. The van der Waals surface area contributed by atoms with E-state index in [-0.39, 0.29) is 18.6 Å². The van der Waals surface area contributed by atoms with Gasteiger partial charge in [-0.1, -0.05) is 24.0 Å². The number of amides is 1. The largest absolute Gasteiger partial charge is 0.501 e. The van der Waals surface area contributed by atoms with Gasteiger partial charge in [-0.2, -0.15) is 5.10 Å². The maximum Gasteiger partial charge on any atom is 0.333 e. The smallest absolute Gasteiger partial charge is 0.333 e. The Morgan fingerprint density at radius 3 is 2.46 bits per heavy atom. The van der Waals surface area contributed by atoms with E-state index in [0.29, 0.717) is 40.2 Å². The average Bonchev–Trinajstić information content (AvgIpc) is 3.59. The molecule has 0 N–H and O–H groups in total. The fraction of sp³-hybridized carbons (Fsp3) is 0.533. The lowest BCUT2D eigenvalue weighted by atomic mass is 10.00. The summed E-state index contributed by atoms with van der Waals surface area (Å²) < 4.78 is 16.2. The molecule has 4 heterocycles. The molecule has 1 atom stereocenters. The molecule has 1 aliphatic rings. The standard InChI is InChI=1S/C30H41N5O5S/c1-9-22(21(5)39-8)23(40-19(2)3)18-33-27-24(20(4)26(41-27)34-17-13-14-31-34)25(36)35(29(33)38)30(6,7)28(37)32-15-11-10-12-16-32/h9,13-14,17,19,23H,1,10-12,15-16,18H2,2-8H3/b22-21-/t23-/m0/s1. The van der Waals surface area contributed by atoms with Crippen LogP contribution in [-0.2, 0) is 26.4 Å². The van der Waals surface area contributed by atoms with Crippen molar-refractivity contribution < 1.29 is 14.3 Å². The number of allylic oxidation sites excluding steroid dienone is 1. The molecule has 4 rings (SSSR count). The van der Waals surface area contributed by atoms with Crippen molar-refractivity contribution in [3.05, 3.63) is 68.8 Å². The Hall–Kier alpha value is -3.44. The van der Waals surface area contributed by atoms with E-state index >= 15 is 0 Å². The summed E-state index contributed by atoms with van der Waals surface area (Å²) in [4.78, 5) is 44.8. The molecule has 0 saturated carbocycles. The van der Waals surface area contributed by atoms with E-state index in [0.717, 1.165) is 28.8 Å². The Morgan fingerprint density at radius 2 is 1.90 bits per heavy atom. The number of aromatic nitrogens is 4. The highest BCUT2D eigenvalue weighted by molar-refractivity contribution is 7.21. The van der Waals surface area contributed by atoms with Crippen LogP contribution in [0.5, 0.6) is 0 Å². The first-order valence-electron chi connectivity index (χ1n) is 14.0. The van der Waals surface area contributed by atoms with Crippen LogP contribution in [0, 0.1) is 6.92 Å². The van der Waals surface area contributed by atoms with E-state index in [2.05, 4.69) is 11.7 Å². The van der Waals surface area contributed by atoms with Crippen molar-refractivity contribution in [2.45, 2.75) is 85.1 Å². The number of likely N-dealkylation sites (tertiary alicyclic amines) is 1. The maximum absolute atomic E-state index is 14.4. The monoisotopic (exact) mass is 583 g/mol. The summed E-state index contributed by atoms with van der Waals surface area (Å²) in [6, 6.07) is 1.80. The molecule has 0 aliphatic carbocycles. The molecule has 1 fully saturated rings. The first-order valence-corrected chi connectivity index (χ1v) is 14.9. The van der Waals surface area contributed by atoms with Crippen LogP contribution in [0.1, 0.15) is 59.4 Å². The Kier molecular flexibility index (Phi) is 9.08. The third-order valence-corrected chi connectivity index (χ3v) is 8.99. The zero-order valence-electron chi connectivity index (χ0n) is 25.1. The molecule has 1 aliphatic heterocycles. The van der Waals surface area contributed by atoms with Gasteiger partial charge in [0.1, 0.15) is 21.5 Å². The molecule has 10 nitrogen and oxygen atoms in total. The molecule has 3 aromatic rings. The molecular weight excluding hydrogens is 542 g/mol. The highest BCUT2D eigenvalue weighted by Crippen LogP contribution is 2.32. The van der Waals surface area contributed by atoms with Gasteiger partial charge >= 0.3 is 5.69 Å². The van der Waals surface area contributed by atoms with Crippen LogP contribution in [0.2, 0.25) is 0 Å². The summed E-state index contributed by atoms with van der Waals surface area (Å²) in [7, 11) is 1.57. The van der Waals surface area contributed by atoms with Crippen molar-refractivity contribution >= 4 is 27.5 Å². The molecule has 0 radical (unpaired) electrons. The first kappa shape index (κ1) is 30.5. The van der Waals surface area contributed by atoms with Crippen molar-refractivity contribution in [2.75, 3.05) is 20.2 Å². The summed E-state index contributed by atoms with van der Waals surface area (Å²) in [5.74, 6) is 0.378. The van der Waals surface area contributed by atoms with Gasteiger partial charge in [-0.15, -0.1) is 0 Å². The number of aryl methyl sites for hydroxylation is 1. The molecular formula is C30H41N5O5S. The van der Waals surface area contributed by atoms with Gasteiger partial charge in [0.05, 0.1) is 30.9 Å². The molecule has 1 amide bonds. The van der Waals surface area contributed by atoms with Gasteiger partial charge in [-0.25, -0.2) is 14.0 Å². The molecule has 3 aromatic heterocycles. The fourth-order valence-electron chi connectivity index (χ4n) is 5.50. The first-order chi connectivity index (χ1) is 19.4. The van der Waals surface area contributed by atoms with Gasteiger partial charge in [0.25, 0.3) is 5.56 Å². The Bertz CT molecular complexity index is 1570. The second kappa shape index (κ2) is 12.2. The topological polar surface area (TPSA) is 101 Å². The van der Waals surface area contributed by atoms with Crippen LogP contribution >= 0.6 is 11.3 Å². The minimum atomic E-state index is -1.41. The van der Waals surface area contributed by atoms with E-state index in [1.165, 1.54) is 11.3 Å². The fourth-order valence-corrected chi connectivity index (χ4v) is 6.75. The van der Waals surface area contributed by atoms with E-state index < -0.39 is 22.9 Å². The predicted molar refractivity (Wildman–Crippen MR) is 162 cm³/mol. The number of thiophene rings is 1. The van der Waals surface area contributed by atoms with E-state index in [9.17, 15) is 14.4 Å². The number of ether oxygens (including phenoxy) is 2. The number of fused-ring (bicyclic) bond motifs is 1. The van der Waals surface area contributed by atoms with Crippen LogP contribution in [0.4, 0.5) is 0 Å². The zero-order chi connectivity index (χ0) is 30.1. The van der Waals surface area contributed by atoms with Crippen molar-refractivity contribution in [2.24, 2.45) is 0 Å². The number of nitrogens with zero attached hydrogens (tertiary/aromatic N) is 5. The predicted octanol–water partition coefficient (Wildman–Crippen LogP) is 4.37. The second-order valence-electron chi connectivity index (χ2n) is 11.2. The summed E-state index contributed by atoms with van der Waals surface area (Å²) in [5, 5.41) is 5.48. The number of hydrogen-bond acceptors (Lipinski definition) is 7. The number of rotatable bonds is 10.